The van der Waals surface area contributed by atoms with Crippen LogP contribution < -0.4 is 0 Å². The molecule has 2 rings (SSSR count). The number of aliphatic imine (C=N–C) groups is 2. The molecule has 0 aliphatic carbocycles. The Morgan fingerprint density at radius 2 is 1.10 bits per heavy atom. The first-order valence-electron chi connectivity index (χ1n) is 5.70. The highest BCUT2D eigenvalue weighted by atomic mass is 32.2. The van der Waals surface area contributed by atoms with Gasteiger partial charge in [0.05, 0.1) is 21.2 Å². The number of isocyanates is 2. The van der Waals surface area contributed by atoms with Crippen molar-refractivity contribution in [2.75, 3.05) is 0 Å². The zero-order valence-corrected chi connectivity index (χ0v) is 11.4. The van der Waals surface area contributed by atoms with Crippen LogP contribution >= 0.6 is 0 Å². The Hall–Kier alpha value is -2.85. The van der Waals surface area contributed by atoms with Crippen molar-refractivity contribution < 1.29 is 18.0 Å². The van der Waals surface area contributed by atoms with Gasteiger partial charge in [0.2, 0.25) is 22.0 Å². The third-order valence-corrected chi connectivity index (χ3v) is 4.49. The van der Waals surface area contributed by atoms with Crippen LogP contribution in [0.4, 0.5) is 11.4 Å². The minimum atomic E-state index is -3.99. The van der Waals surface area contributed by atoms with Crippen molar-refractivity contribution in [2.24, 2.45) is 9.98 Å². The molecule has 104 valence electrons. The van der Waals surface area contributed by atoms with E-state index in [1.165, 1.54) is 48.6 Å². The average Bonchev–Trinajstić information content (AvgIpc) is 2.49. The highest BCUT2D eigenvalue weighted by Crippen LogP contribution is 2.33. The lowest BCUT2D eigenvalue weighted by atomic mass is 10.3. The van der Waals surface area contributed by atoms with Crippen LogP contribution in [0, 0.1) is 0 Å². The van der Waals surface area contributed by atoms with E-state index >= 15 is 0 Å². The molecule has 21 heavy (non-hydrogen) atoms. The van der Waals surface area contributed by atoms with E-state index in [1.54, 1.807) is 12.1 Å². The van der Waals surface area contributed by atoms with Crippen LogP contribution in [0.15, 0.2) is 68.3 Å². The second kappa shape index (κ2) is 6.07. The van der Waals surface area contributed by atoms with Crippen molar-refractivity contribution in [1.29, 1.82) is 0 Å². The van der Waals surface area contributed by atoms with Crippen LogP contribution in [-0.2, 0) is 19.4 Å². The molecule has 0 unspecified atom stereocenters. The molecular formula is C14H8N2O4S. The molecule has 6 nitrogen and oxygen atoms in total. The Kier molecular flexibility index (Phi) is 4.21. The molecule has 2 aromatic carbocycles. The number of benzene rings is 2. The van der Waals surface area contributed by atoms with Crippen LogP contribution in [0.2, 0.25) is 0 Å². The first kappa shape index (κ1) is 14.6. The minimum absolute atomic E-state index is 0.0302. The fourth-order valence-corrected chi connectivity index (χ4v) is 3.30. The molecule has 0 spiro atoms. The van der Waals surface area contributed by atoms with Gasteiger partial charge in [-0.25, -0.2) is 18.0 Å². The molecule has 0 bridgehead atoms. The van der Waals surface area contributed by atoms with Gasteiger partial charge in [0.25, 0.3) is 0 Å². The normalized spacial score (nSPS) is 10.3. The Balaban J connectivity index is 2.75. The lowest BCUT2D eigenvalue weighted by Crippen LogP contribution is -2.02. The summed E-state index contributed by atoms with van der Waals surface area (Å²) in [6.45, 7) is 0. The Bertz CT molecular complexity index is 810. The molecule has 0 aliphatic heterocycles. The van der Waals surface area contributed by atoms with Crippen LogP contribution in [0.25, 0.3) is 0 Å². The highest BCUT2D eigenvalue weighted by Gasteiger charge is 2.24. The predicted octanol–water partition coefficient (Wildman–Crippen LogP) is 2.45. The van der Waals surface area contributed by atoms with E-state index < -0.39 is 9.84 Å². The van der Waals surface area contributed by atoms with Crippen molar-refractivity contribution in [1.82, 2.24) is 0 Å². The average molecular weight is 300 g/mol. The van der Waals surface area contributed by atoms with Gasteiger partial charge in [0.15, 0.2) is 0 Å². The topological polar surface area (TPSA) is 93.0 Å². The van der Waals surface area contributed by atoms with E-state index in [4.69, 9.17) is 0 Å². The van der Waals surface area contributed by atoms with Gasteiger partial charge < -0.3 is 0 Å². The quantitative estimate of drug-likeness (QED) is 0.640. The van der Waals surface area contributed by atoms with Crippen LogP contribution in [0.3, 0.4) is 0 Å². The largest absolute Gasteiger partial charge is 0.240 e. The summed E-state index contributed by atoms with van der Waals surface area (Å²) in [6, 6.07) is 11.5. The molecule has 0 saturated carbocycles. The van der Waals surface area contributed by atoms with Gasteiger partial charge in [-0.1, -0.05) is 24.3 Å². The van der Waals surface area contributed by atoms with Gasteiger partial charge >= 0.3 is 0 Å². The summed E-state index contributed by atoms with van der Waals surface area (Å²) < 4.78 is 25.3. The van der Waals surface area contributed by atoms with Gasteiger partial charge in [-0.05, 0) is 24.3 Å². The Morgan fingerprint density at radius 1 is 0.714 bits per heavy atom. The van der Waals surface area contributed by atoms with Crippen molar-refractivity contribution in [2.45, 2.75) is 9.79 Å². The molecule has 0 fully saturated rings. The van der Waals surface area contributed by atoms with E-state index in [2.05, 4.69) is 9.98 Å². The van der Waals surface area contributed by atoms with E-state index in [9.17, 15) is 18.0 Å². The zero-order valence-electron chi connectivity index (χ0n) is 10.6. The minimum Gasteiger partial charge on any atom is -0.218 e. The molecule has 7 heteroatoms. The number of rotatable bonds is 4. The first-order chi connectivity index (χ1) is 10.1. The number of sulfone groups is 1. The van der Waals surface area contributed by atoms with Crippen molar-refractivity contribution >= 4 is 33.4 Å². The summed E-state index contributed by atoms with van der Waals surface area (Å²) in [6.07, 6.45) is 2.62. The summed E-state index contributed by atoms with van der Waals surface area (Å²) in [7, 11) is -3.99. The molecule has 0 amide bonds. The number of hydrogen-bond acceptors (Lipinski definition) is 6. The fourth-order valence-electron chi connectivity index (χ4n) is 1.77. The van der Waals surface area contributed by atoms with Crippen LogP contribution in [0.5, 0.6) is 0 Å². The molecule has 0 N–H and O–H groups in total. The van der Waals surface area contributed by atoms with Crippen LogP contribution in [0.1, 0.15) is 0 Å². The van der Waals surface area contributed by atoms with Crippen molar-refractivity contribution in [3.63, 3.8) is 0 Å². The maximum absolute atomic E-state index is 12.6. The van der Waals surface area contributed by atoms with E-state index in [-0.39, 0.29) is 21.2 Å². The summed E-state index contributed by atoms with van der Waals surface area (Å²) in [4.78, 5) is 27.2. The summed E-state index contributed by atoms with van der Waals surface area (Å²) >= 11 is 0. The summed E-state index contributed by atoms with van der Waals surface area (Å²) in [5, 5.41) is 0. The van der Waals surface area contributed by atoms with Crippen LogP contribution in [-0.4, -0.2) is 20.6 Å². The van der Waals surface area contributed by atoms with Crippen molar-refractivity contribution in [3.05, 3.63) is 48.5 Å². The number of hydrogen-bond donors (Lipinski definition) is 0. The maximum Gasteiger partial charge on any atom is 0.240 e. The van der Waals surface area contributed by atoms with Gasteiger partial charge in [-0.15, -0.1) is 0 Å². The lowest BCUT2D eigenvalue weighted by Gasteiger charge is -2.08. The zero-order chi connectivity index (χ0) is 15.3. The highest BCUT2D eigenvalue weighted by molar-refractivity contribution is 7.91. The standard InChI is InChI=1S/C14H8N2O4S/c17-9-15-11-5-1-3-7-13(11)21(19,20)14-8-4-2-6-12(14)16-10-18/h1-8H. The summed E-state index contributed by atoms with van der Waals surface area (Å²) in [5.41, 5.74) is -0.0604. The van der Waals surface area contributed by atoms with Gasteiger partial charge in [-0.2, -0.15) is 9.98 Å². The van der Waals surface area contributed by atoms with Gasteiger partial charge in [0.1, 0.15) is 0 Å². The molecule has 0 atom stereocenters. The molecule has 0 aliphatic rings. The lowest BCUT2D eigenvalue weighted by molar-refractivity contribution is 0.564. The molecular weight excluding hydrogens is 292 g/mol. The third-order valence-electron chi connectivity index (χ3n) is 2.64. The smallest absolute Gasteiger partial charge is 0.218 e. The third kappa shape index (κ3) is 2.85. The molecule has 0 aromatic heterocycles. The molecule has 0 heterocycles. The van der Waals surface area contributed by atoms with E-state index in [0.29, 0.717) is 0 Å². The molecule has 0 radical (unpaired) electrons. The number of carbonyl (C=O) groups excluding carboxylic acids is 2. The van der Waals surface area contributed by atoms with Crippen molar-refractivity contribution in [3.8, 4) is 0 Å². The fraction of sp³-hybridized carbons (Fsp3) is 0. The second-order valence-electron chi connectivity index (χ2n) is 3.85. The number of nitrogens with zero attached hydrogens (tertiary/aromatic N) is 2. The monoisotopic (exact) mass is 300 g/mol. The predicted molar refractivity (Wildman–Crippen MR) is 73.9 cm³/mol. The maximum atomic E-state index is 12.6. The van der Waals surface area contributed by atoms with Gasteiger partial charge in [-0.3, -0.25) is 0 Å². The van der Waals surface area contributed by atoms with E-state index in [1.807, 2.05) is 0 Å². The SMILES string of the molecule is O=C=Nc1ccccc1S(=O)(=O)c1ccccc1N=C=O. The molecule has 0 saturated heterocycles. The molecule has 2 aromatic rings. The number of para-hydroxylation sites is 2. The first-order valence-corrected chi connectivity index (χ1v) is 7.18. The van der Waals surface area contributed by atoms with Gasteiger partial charge in [0, 0.05) is 0 Å². The second-order valence-corrected chi connectivity index (χ2v) is 5.73. The summed E-state index contributed by atoms with van der Waals surface area (Å²) in [5.74, 6) is 0. The Morgan fingerprint density at radius 3 is 1.48 bits per heavy atom. The Labute approximate surface area is 120 Å². The van der Waals surface area contributed by atoms with E-state index in [0.717, 1.165) is 0 Å².